The van der Waals surface area contributed by atoms with Crippen molar-refractivity contribution in [3.63, 3.8) is 0 Å². The zero-order valence-corrected chi connectivity index (χ0v) is 7.08. The fourth-order valence-corrected chi connectivity index (χ4v) is 1.70. The molecule has 0 aromatic rings. The van der Waals surface area contributed by atoms with Gasteiger partial charge < -0.3 is 5.11 Å². The van der Waals surface area contributed by atoms with Gasteiger partial charge in [0.2, 0.25) is 0 Å². The van der Waals surface area contributed by atoms with Crippen LogP contribution in [0.1, 0.15) is 38.5 Å². The van der Waals surface area contributed by atoms with Crippen LogP contribution < -0.4 is 0 Å². The van der Waals surface area contributed by atoms with Crippen molar-refractivity contribution in [3.8, 4) is 0 Å². The zero-order valence-electron chi connectivity index (χ0n) is 7.08. The number of rotatable bonds is 2. The molecule has 1 atom stereocenters. The van der Waals surface area contributed by atoms with Gasteiger partial charge in [0.05, 0.1) is 0 Å². The van der Waals surface area contributed by atoms with Crippen molar-refractivity contribution in [2.24, 2.45) is 5.92 Å². The summed E-state index contributed by atoms with van der Waals surface area (Å²) in [4.78, 5) is 21.5. The molecule has 12 heavy (non-hydrogen) atoms. The van der Waals surface area contributed by atoms with Gasteiger partial charge >= 0.3 is 5.97 Å². The molecular weight excluding hydrogens is 156 g/mol. The Morgan fingerprint density at radius 1 is 1.50 bits per heavy atom. The molecule has 0 amide bonds. The van der Waals surface area contributed by atoms with Crippen LogP contribution in [0.15, 0.2) is 0 Å². The molecule has 1 fully saturated rings. The van der Waals surface area contributed by atoms with Crippen molar-refractivity contribution in [1.29, 1.82) is 0 Å². The van der Waals surface area contributed by atoms with E-state index in [0.717, 1.165) is 19.3 Å². The number of hydrogen-bond acceptors (Lipinski definition) is 2. The fourth-order valence-electron chi connectivity index (χ4n) is 1.70. The first-order valence-electron chi connectivity index (χ1n) is 4.42. The van der Waals surface area contributed by atoms with Crippen LogP contribution in [0.3, 0.4) is 0 Å². The number of hydrogen-bond donors (Lipinski definition) is 1. The molecule has 1 rings (SSSR count). The van der Waals surface area contributed by atoms with Gasteiger partial charge in [-0.2, -0.15) is 0 Å². The highest BCUT2D eigenvalue weighted by Crippen LogP contribution is 2.23. The minimum absolute atomic E-state index is 0.0949. The van der Waals surface area contributed by atoms with Crippen LogP contribution in [0, 0.1) is 5.92 Å². The molecule has 3 heteroatoms. The number of carboxylic acids is 1. The van der Waals surface area contributed by atoms with Gasteiger partial charge in [-0.3, -0.25) is 9.59 Å². The van der Waals surface area contributed by atoms with Gasteiger partial charge in [0, 0.05) is 19.3 Å². The van der Waals surface area contributed by atoms with Crippen LogP contribution in [-0.2, 0) is 9.59 Å². The molecular formula is C9H14O3. The molecule has 0 unspecified atom stereocenters. The van der Waals surface area contributed by atoms with Crippen molar-refractivity contribution < 1.29 is 14.7 Å². The molecule has 0 aromatic carbocycles. The Morgan fingerprint density at radius 2 is 2.25 bits per heavy atom. The third-order valence-electron chi connectivity index (χ3n) is 2.30. The number of aliphatic carboxylic acids is 1. The van der Waals surface area contributed by atoms with Crippen LogP contribution in [0.2, 0.25) is 0 Å². The second-order valence-electron chi connectivity index (χ2n) is 3.45. The molecule has 1 aliphatic rings. The quantitative estimate of drug-likeness (QED) is 0.640. The standard InChI is InChI=1S/C9H14O3/c10-8-4-2-1-3-7(5-8)6-9(11)12/h7H,1-6H2,(H,11,12)/t7-/m1/s1. The van der Waals surface area contributed by atoms with Crippen LogP contribution >= 0.6 is 0 Å². The highest BCUT2D eigenvalue weighted by molar-refractivity contribution is 5.79. The van der Waals surface area contributed by atoms with E-state index in [1.54, 1.807) is 0 Å². The number of carbonyl (C=O) groups excluding carboxylic acids is 1. The summed E-state index contributed by atoms with van der Waals surface area (Å²) in [5.74, 6) is -0.453. The lowest BCUT2D eigenvalue weighted by Crippen LogP contribution is -2.10. The fraction of sp³-hybridized carbons (Fsp3) is 0.778. The summed E-state index contributed by atoms with van der Waals surface area (Å²) in [6.45, 7) is 0. The van der Waals surface area contributed by atoms with Gasteiger partial charge in [0.15, 0.2) is 0 Å². The second kappa shape index (κ2) is 4.24. The van der Waals surface area contributed by atoms with E-state index in [9.17, 15) is 9.59 Å². The van der Waals surface area contributed by atoms with Crippen molar-refractivity contribution in [2.45, 2.75) is 38.5 Å². The van der Waals surface area contributed by atoms with Gasteiger partial charge in [-0.25, -0.2) is 0 Å². The minimum atomic E-state index is -0.783. The maximum absolute atomic E-state index is 11.1. The lowest BCUT2D eigenvalue weighted by Gasteiger charge is -2.08. The molecule has 0 aromatic heterocycles. The normalized spacial score (nSPS) is 25.0. The SMILES string of the molecule is O=C(O)C[C@@H]1CCCCC(=O)C1. The van der Waals surface area contributed by atoms with E-state index >= 15 is 0 Å². The predicted octanol–water partition coefficient (Wildman–Crippen LogP) is 1.61. The molecule has 68 valence electrons. The maximum Gasteiger partial charge on any atom is 0.303 e. The number of carboxylic acid groups (broad SMARTS) is 1. The van der Waals surface area contributed by atoms with Crippen LogP contribution in [0.5, 0.6) is 0 Å². The molecule has 0 saturated heterocycles. The first kappa shape index (κ1) is 9.23. The number of carbonyl (C=O) groups is 2. The second-order valence-corrected chi connectivity index (χ2v) is 3.45. The van der Waals surface area contributed by atoms with E-state index in [-0.39, 0.29) is 18.1 Å². The van der Waals surface area contributed by atoms with Gasteiger partial charge in [-0.1, -0.05) is 6.42 Å². The van der Waals surface area contributed by atoms with E-state index in [1.165, 1.54) is 0 Å². The summed E-state index contributed by atoms with van der Waals surface area (Å²) in [7, 11) is 0. The Morgan fingerprint density at radius 3 is 2.92 bits per heavy atom. The molecule has 1 aliphatic carbocycles. The average Bonchev–Trinajstić information content (AvgIpc) is 2.12. The molecule has 1 N–H and O–H groups in total. The molecule has 0 radical (unpaired) electrons. The summed E-state index contributed by atoms with van der Waals surface area (Å²) in [6, 6.07) is 0. The van der Waals surface area contributed by atoms with Gasteiger partial charge in [-0.05, 0) is 18.8 Å². The third-order valence-corrected chi connectivity index (χ3v) is 2.30. The largest absolute Gasteiger partial charge is 0.481 e. The summed E-state index contributed by atoms with van der Waals surface area (Å²) in [5.41, 5.74) is 0. The summed E-state index contributed by atoms with van der Waals surface area (Å²) in [5, 5.41) is 8.53. The lowest BCUT2D eigenvalue weighted by molar-refractivity contribution is -0.138. The van der Waals surface area contributed by atoms with Gasteiger partial charge in [0.1, 0.15) is 5.78 Å². The van der Waals surface area contributed by atoms with E-state index in [2.05, 4.69) is 0 Å². The average molecular weight is 170 g/mol. The van der Waals surface area contributed by atoms with Crippen molar-refractivity contribution in [3.05, 3.63) is 0 Å². The highest BCUT2D eigenvalue weighted by Gasteiger charge is 2.19. The molecule has 0 aliphatic heterocycles. The predicted molar refractivity (Wildman–Crippen MR) is 43.8 cm³/mol. The van der Waals surface area contributed by atoms with Crippen molar-refractivity contribution in [2.75, 3.05) is 0 Å². The molecule has 3 nitrogen and oxygen atoms in total. The first-order valence-corrected chi connectivity index (χ1v) is 4.42. The van der Waals surface area contributed by atoms with Crippen molar-refractivity contribution >= 4 is 11.8 Å². The van der Waals surface area contributed by atoms with Crippen LogP contribution in [0.4, 0.5) is 0 Å². The molecule has 1 saturated carbocycles. The monoisotopic (exact) mass is 170 g/mol. The molecule has 0 bridgehead atoms. The Labute approximate surface area is 71.8 Å². The Bertz CT molecular complexity index is 186. The van der Waals surface area contributed by atoms with E-state index in [0.29, 0.717) is 12.8 Å². The van der Waals surface area contributed by atoms with Crippen LogP contribution in [0.25, 0.3) is 0 Å². The first-order chi connectivity index (χ1) is 5.68. The van der Waals surface area contributed by atoms with Crippen molar-refractivity contribution in [1.82, 2.24) is 0 Å². The summed E-state index contributed by atoms with van der Waals surface area (Å²) in [6.07, 6.45) is 4.13. The smallest absolute Gasteiger partial charge is 0.303 e. The number of ketones is 1. The van der Waals surface area contributed by atoms with Gasteiger partial charge in [0.25, 0.3) is 0 Å². The van der Waals surface area contributed by atoms with E-state index in [1.807, 2.05) is 0 Å². The number of Topliss-reactive ketones (excluding diaryl/α,β-unsaturated/α-hetero) is 1. The Hall–Kier alpha value is -0.860. The maximum atomic E-state index is 11.1. The highest BCUT2D eigenvalue weighted by atomic mass is 16.4. The summed E-state index contributed by atoms with van der Waals surface area (Å²) < 4.78 is 0. The lowest BCUT2D eigenvalue weighted by atomic mass is 9.96. The van der Waals surface area contributed by atoms with E-state index < -0.39 is 5.97 Å². The van der Waals surface area contributed by atoms with Crippen LogP contribution in [-0.4, -0.2) is 16.9 Å². The minimum Gasteiger partial charge on any atom is -0.481 e. The molecule has 0 spiro atoms. The Kier molecular flexibility index (Phi) is 3.26. The summed E-state index contributed by atoms with van der Waals surface area (Å²) >= 11 is 0. The zero-order chi connectivity index (χ0) is 8.97. The Balaban J connectivity index is 2.41. The van der Waals surface area contributed by atoms with E-state index in [4.69, 9.17) is 5.11 Å². The van der Waals surface area contributed by atoms with Gasteiger partial charge in [-0.15, -0.1) is 0 Å². The topological polar surface area (TPSA) is 54.4 Å². The molecule has 0 heterocycles. The third kappa shape index (κ3) is 3.03.